The molecule has 2 N–H and O–H groups in total. The lowest BCUT2D eigenvalue weighted by molar-refractivity contribution is 0.0913. The van der Waals surface area contributed by atoms with E-state index >= 15 is 0 Å². The van der Waals surface area contributed by atoms with Crippen LogP contribution in [0, 0.1) is 13.8 Å². The molecule has 6 heteroatoms. The predicted molar refractivity (Wildman–Crippen MR) is 149 cm³/mol. The van der Waals surface area contributed by atoms with Crippen LogP contribution >= 0.6 is 0 Å². The highest BCUT2D eigenvalue weighted by Gasteiger charge is 2.27. The van der Waals surface area contributed by atoms with Crippen LogP contribution in [0.15, 0.2) is 79.0 Å². The third-order valence-corrected chi connectivity index (χ3v) is 6.79. The number of H-pyrrole nitrogens is 1. The second-order valence-corrected chi connectivity index (χ2v) is 10.1. The van der Waals surface area contributed by atoms with Crippen LogP contribution in [0.4, 0.5) is 0 Å². The van der Waals surface area contributed by atoms with Crippen molar-refractivity contribution in [3.63, 3.8) is 0 Å². The molecular weight excluding hydrogens is 460 g/mol. The minimum Gasteiger partial charge on any atom is -0.497 e. The van der Waals surface area contributed by atoms with Crippen molar-refractivity contribution in [2.45, 2.75) is 39.7 Å². The topological polar surface area (TPSA) is 71.9 Å². The highest BCUT2D eigenvalue weighted by atomic mass is 16.5. The Bertz CT molecular complexity index is 1580. The molecule has 0 saturated heterocycles. The number of carbonyl (C=O) groups is 1. The number of hydrogen-bond acceptors (Lipinski definition) is 3. The Labute approximate surface area is 217 Å². The number of nitrogens with one attached hydrogen (secondary N) is 2. The smallest absolute Gasteiger partial charge is 0.252 e. The van der Waals surface area contributed by atoms with Crippen LogP contribution in [-0.2, 0) is 6.42 Å². The number of amides is 1. The lowest BCUT2D eigenvalue weighted by Gasteiger charge is -2.27. The number of nitrogens with zero attached hydrogens (tertiary/aromatic N) is 2. The van der Waals surface area contributed by atoms with Gasteiger partial charge in [-0.3, -0.25) is 4.79 Å². The van der Waals surface area contributed by atoms with E-state index in [1.807, 2.05) is 85.4 Å². The molecule has 37 heavy (non-hydrogen) atoms. The van der Waals surface area contributed by atoms with E-state index in [9.17, 15) is 4.79 Å². The van der Waals surface area contributed by atoms with Gasteiger partial charge in [0.2, 0.25) is 0 Å². The molecule has 6 nitrogen and oxygen atoms in total. The summed E-state index contributed by atoms with van der Waals surface area (Å²) in [4.78, 5) is 17.1. The molecule has 0 saturated carbocycles. The van der Waals surface area contributed by atoms with E-state index in [0.717, 1.165) is 33.7 Å². The summed E-state index contributed by atoms with van der Waals surface area (Å²) in [7, 11) is 1.61. The van der Waals surface area contributed by atoms with E-state index in [1.54, 1.807) is 7.11 Å². The van der Waals surface area contributed by atoms with Crippen molar-refractivity contribution in [3.8, 4) is 22.6 Å². The van der Waals surface area contributed by atoms with Crippen molar-refractivity contribution in [3.05, 3.63) is 102 Å². The summed E-state index contributed by atoms with van der Waals surface area (Å²) in [6.07, 6.45) is 2.71. The molecule has 0 bridgehead atoms. The van der Waals surface area contributed by atoms with Crippen LogP contribution in [-0.4, -0.2) is 33.3 Å². The average Bonchev–Trinajstić information content (AvgIpc) is 3.43. The number of aromatic amines is 1. The molecule has 5 aromatic rings. The first-order valence-corrected chi connectivity index (χ1v) is 12.4. The number of para-hydroxylation sites is 2. The van der Waals surface area contributed by atoms with Crippen molar-refractivity contribution < 1.29 is 9.53 Å². The second kappa shape index (κ2) is 9.62. The number of fused-ring (bicyclic) bond motifs is 1. The lowest BCUT2D eigenvalue weighted by atomic mass is 9.92. The highest BCUT2D eigenvalue weighted by Crippen LogP contribution is 2.34. The zero-order valence-corrected chi connectivity index (χ0v) is 21.9. The molecular formula is C31H32N4O2. The molecule has 2 heterocycles. The van der Waals surface area contributed by atoms with Crippen LogP contribution in [0.3, 0.4) is 0 Å². The summed E-state index contributed by atoms with van der Waals surface area (Å²) in [5.74, 6) is 0.485. The minimum atomic E-state index is -0.485. The lowest BCUT2D eigenvalue weighted by Crippen LogP contribution is -2.45. The third-order valence-electron chi connectivity index (χ3n) is 6.79. The van der Waals surface area contributed by atoms with Gasteiger partial charge in [-0.25, -0.2) is 4.68 Å². The number of rotatable bonds is 7. The minimum absolute atomic E-state index is 0.148. The fraction of sp³-hybridized carbons (Fsp3) is 0.226. The van der Waals surface area contributed by atoms with E-state index in [1.165, 1.54) is 10.9 Å². The summed E-state index contributed by atoms with van der Waals surface area (Å²) in [5.41, 5.74) is 6.93. The predicted octanol–water partition coefficient (Wildman–Crippen LogP) is 6.40. The standard InChI is InChI=1S/C31H32N4O2/c1-20-29(21(2)35(34-20)23-11-7-6-8-12-23)26-16-15-24(37-5)17-27(26)30(36)33-31(3,4)18-22-19-32-28-14-10-9-13-25(22)28/h6-17,19,32H,18H2,1-5H3,(H,33,36). The van der Waals surface area contributed by atoms with Gasteiger partial charge in [0.1, 0.15) is 5.75 Å². The summed E-state index contributed by atoms with van der Waals surface area (Å²) >= 11 is 0. The van der Waals surface area contributed by atoms with Gasteiger partial charge in [0.25, 0.3) is 5.91 Å². The van der Waals surface area contributed by atoms with Gasteiger partial charge in [0, 0.05) is 33.9 Å². The van der Waals surface area contributed by atoms with Crippen molar-refractivity contribution in [2.24, 2.45) is 0 Å². The fourth-order valence-electron chi connectivity index (χ4n) is 5.08. The van der Waals surface area contributed by atoms with E-state index in [-0.39, 0.29) is 5.91 Å². The highest BCUT2D eigenvalue weighted by molar-refractivity contribution is 6.02. The Morgan fingerprint density at radius 3 is 2.51 bits per heavy atom. The number of aromatic nitrogens is 3. The molecule has 0 aliphatic heterocycles. The van der Waals surface area contributed by atoms with Crippen LogP contribution in [0.1, 0.15) is 41.2 Å². The normalized spacial score (nSPS) is 11.6. The zero-order valence-electron chi connectivity index (χ0n) is 21.9. The van der Waals surface area contributed by atoms with E-state index in [0.29, 0.717) is 17.7 Å². The maximum absolute atomic E-state index is 13.8. The summed E-state index contributed by atoms with van der Waals surface area (Å²) < 4.78 is 7.42. The van der Waals surface area contributed by atoms with Crippen LogP contribution in [0.25, 0.3) is 27.7 Å². The monoisotopic (exact) mass is 492 g/mol. The van der Waals surface area contributed by atoms with Gasteiger partial charge in [-0.2, -0.15) is 5.10 Å². The molecule has 0 aliphatic rings. The van der Waals surface area contributed by atoms with Crippen molar-refractivity contribution in [2.75, 3.05) is 7.11 Å². The maximum atomic E-state index is 13.8. The number of ether oxygens (including phenoxy) is 1. The quantitative estimate of drug-likeness (QED) is 0.276. The van der Waals surface area contributed by atoms with Gasteiger partial charge in [-0.1, -0.05) is 36.4 Å². The molecule has 0 radical (unpaired) electrons. The largest absolute Gasteiger partial charge is 0.497 e. The maximum Gasteiger partial charge on any atom is 0.252 e. The van der Waals surface area contributed by atoms with Crippen molar-refractivity contribution in [1.29, 1.82) is 0 Å². The van der Waals surface area contributed by atoms with E-state index in [4.69, 9.17) is 9.84 Å². The van der Waals surface area contributed by atoms with Crippen LogP contribution in [0.2, 0.25) is 0 Å². The molecule has 188 valence electrons. The zero-order chi connectivity index (χ0) is 26.2. The molecule has 0 aliphatic carbocycles. The molecule has 1 amide bonds. The van der Waals surface area contributed by atoms with Crippen LogP contribution in [0.5, 0.6) is 5.75 Å². The Morgan fingerprint density at radius 2 is 1.76 bits per heavy atom. The molecule has 0 unspecified atom stereocenters. The molecule has 3 aromatic carbocycles. The van der Waals surface area contributed by atoms with E-state index in [2.05, 4.69) is 36.3 Å². The average molecular weight is 493 g/mol. The van der Waals surface area contributed by atoms with Crippen LogP contribution < -0.4 is 10.1 Å². The number of aryl methyl sites for hydroxylation is 1. The number of carbonyl (C=O) groups excluding carboxylic acids is 1. The Kier molecular flexibility index (Phi) is 6.34. The molecule has 5 rings (SSSR count). The van der Waals surface area contributed by atoms with Crippen molar-refractivity contribution in [1.82, 2.24) is 20.1 Å². The second-order valence-electron chi connectivity index (χ2n) is 10.1. The van der Waals surface area contributed by atoms with Gasteiger partial charge >= 0.3 is 0 Å². The number of hydrogen-bond donors (Lipinski definition) is 2. The van der Waals surface area contributed by atoms with Gasteiger partial charge in [-0.05, 0) is 81.6 Å². The SMILES string of the molecule is COc1ccc(-c2c(C)nn(-c3ccccc3)c2C)c(C(=O)NC(C)(C)Cc2c[nH]c3ccccc23)c1. The molecule has 0 atom stereocenters. The number of benzene rings is 3. The van der Waals surface area contributed by atoms with Crippen molar-refractivity contribution >= 4 is 16.8 Å². The van der Waals surface area contributed by atoms with E-state index < -0.39 is 5.54 Å². The Balaban J connectivity index is 1.50. The first kappa shape index (κ1) is 24.4. The fourth-order valence-corrected chi connectivity index (χ4v) is 5.08. The molecule has 0 fully saturated rings. The molecule has 0 spiro atoms. The Hall–Kier alpha value is -4.32. The Morgan fingerprint density at radius 1 is 1.03 bits per heavy atom. The first-order valence-electron chi connectivity index (χ1n) is 12.4. The summed E-state index contributed by atoms with van der Waals surface area (Å²) in [5, 5.41) is 9.26. The first-order chi connectivity index (χ1) is 17.8. The summed E-state index contributed by atoms with van der Waals surface area (Å²) in [6.45, 7) is 8.12. The third kappa shape index (κ3) is 4.75. The van der Waals surface area contributed by atoms with Gasteiger partial charge in [0.05, 0.1) is 24.1 Å². The summed E-state index contributed by atoms with van der Waals surface area (Å²) in [6, 6.07) is 23.9. The number of methoxy groups -OCH3 is 1. The molecule has 2 aromatic heterocycles. The van der Waals surface area contributed by atoms with Gasteiger partial charge in [-0.15, -0.1) is 0 Å². The van der Waals surface area contributed by atoms with Gasteiger partial charge < -0.3 is 15.0 Å². The van der Waals surface area contributed by atoms with Gasteiger partial charge in [0.15, 0.2) is 0 Å².